The number of halogens is 1. The molecule has 27 heavy (non-hydrogen) atoms. The molecular formula is C19H15ClN4OS2. The first-order chi connectivity index (χ1) is 13.1. The van der Waals surface area contributed by atoms with Crippen molar-refractivity contribution in [2.75, 3.05) is 4.90 Å². The van der Waals surface area contributed by atoms with Crippen molar-refractivity contribution in [2.24, 2.45) is 0 Å². The van der Waals surface area contributed by atoms with Gasteiger partial charge in [0.25, 0.3) is 0 Å². The molecule has 4 aromatic rings. The number of aromatic nitrogens is 3. The van der Waals surface area contributed by atoms with Gasteiger partial charge in [0, 0.05) is 29.3 Å². The maximum atomic E-state index is 12.2. The van der Waals surface area contributed by atoms with Gasteiger partial charge in [0.05, 0.1) is 23.1 Å². The Morgan fingerprint density at radius 3 is 3.00 bits per heavy atom. The van der Waals surface area contributed by atoms with E-state index in [-0.39, 0.29) is 5.91 Å². The zero-order chi connectivity index (χ0) is 18.8. The van der Waals surface area contributed by atoms with Crippen LogP contribution in [0.4, 0.5) is 10.8 Å². The van der Waals surface area contributed by atoms with Gasteiger partial charge in [-0.1, -0.05) is 35.5 Å². The Kier molecular flexibility index (Phi) is 5.15. The molecule has 136 valence electrons. The van der Waals surface area contributed by atoms with E-state index in [1.165, 1.54) is 18.3 Å². The molecule has 0 N–H and O–H groups in total. The highest BCUT2D eigenvalue weighted by molar-refractivity contribution is 7.98. The standard InChI is InChI=1S/C19H15ClN4OS2/c1-13(25)24(16-7-4-5-14(20)9-16)19-22-15(12-27-19)11-26-18-21-10-17-6-2-3-8-23(17)18/h2-10,12H,11H2,1H3. The van der Waals surface area contributed by atoms with Crippen LogP contribution in [0.15, 0.2) is 65.4 Å². The summed E-state index contributed by atoms with van der Waals surface area (Å²) in [5, 5.41) is 4.10. The van der Waals surface area contributed by atoms with Gasteiger partial charge in [0.15, 0.2) is 10.3 Å². The number of carbonyl (C=O) groups excluding carboxylic acids is 1. The van der Waals surface area contributed by atoms with Crippen molar-refractivity contribution in [3.8, 4) is 0 Å². The van der Waals surface area contributed by atoms with Crippen LogP contribution in [0.2, 0.25) is 5.02 Å². The Balaban J connectivity index is 1.54. The van der Waals surface area contributed by atoms with Gasteiger partial charge in [0.1, 0.15) is 0 Å². The summed E-state index contributed by atoms with van der Waals surface area (Å²) in [7, 11) is 0. The molecule has 1 aromatic carbocycles. The number of rotatable bonds is 5. The first kappa shape index (κ1) is 18.0. The quantitative estimate of drug-likeness (QED) is 0.409. The van der Waals surface area contributed by atoms with Crippen LogP contribution in [0.1, 0.15) is 12.6 Å². The third-order valence-electron chi connectivity index (χ3n) is 3.87. The number of thiazole rings is 1. The van der Waals surface area contributed by atoms with Gasteiger partial charge in [-0.25, -0.2) is 9.97 Å². The number of thioether (sulfide) groups is 1. The molecule has 0 unspecified atom stereocenters. The summed E-state index contributed by atoms with van der Waals surface area (Å²) in [6.07, 6.45) is 3.85. The van der Waals surface area contributed by atoms with Crippen LogP contribution < -0.4 is 4.90 Å². The van der Waals surface area contributed by atoms with Crippen molar-refractivity contribution in [1.29, 1.82) is 0 Å². The number of hydrogen-bond acceptors (Lipinski definition) is 5. The summed E-state index contributed by atoms with van der Waals surface area (Å²) in [6.45, 7) is 1.52. The molecule has 3 aromatic heterocycles. The number of imidazole rings is 1. The Labute approximate surface area is 169 Å². The molecule has 0 radical (unpaired) electrons. The molecule has 3 heterocycles. The van der Waals surface area contributed by atoms with E-state index in [2.05, 4.69) is 9.97 Å². The zero-order valence-corrected chi connectivity index (χ0v) is 16.8. The Morgan fingerprint density at radius 2 is 2.19 bits per heavy atom. The summed E-state index contributed by atoms with van der Waals surface area (Å²) in [5.74, 6) is 0.566. The highest BCUT2D eigenvalue weighted by Gasteiger charge is 2.18. The zero-order valence-electron chi connectivity index (χ0n) is 14.4. The number of fused-ring (bicyclic) bond motifs is 1. The van der Waals surface area contributed by atoms with Gasteiger partial charge in [-0.05, 0) is 30.3 Å². The lowest BCUT2D eigenvalue weighted by Gasteiger charge is -2.18. The average Bonchev–Trinajstić information content (AvgIpc) is 3.27. The van der Waals surface area contributed by atoms with Gasteiger partial charge in [0.2, 0.25) is 5.91 Å². The van der Waals surface area contributed by atoms with E-state index in [0.29, 0.717) is 21.6 Å². The summed E-state index contributed by atoms with van der Waals surface area (Å²) in [4.78, 5) is 22.9. The Morgan fingerprint density at radius 1 is 1.30 bits per heavy atom. The van der Waals surface area contributed by atoms with Crippen molar-refractivity contribution in [3.63, 3.8) is 0 Å². The summed E-state index contributed by atoms with van der Waals surface area (Å²) in [5.41, 5.74) is 2.67. The number of pyridine rings is 1. The number of amides is 1. The number of benzene rings is 1. The second-order valence-corrected chi connectivity index (χ2v) is 8.00. The molecule has 0 aliphatic rings. The molecule has 0 aliphatic heterocycles. The lowest BCUT2D eigenvalue weighted by molar-refractivity contribution is -0.115. The third kappa shape index (κ3) is 3.85. The van der Waals surface area contributed by atoms with Crippen molar-refractivity contribution >= 4 is 56.9 Å². The molecule has 0 fully saturated rings. The average molecular weight is 415 g/mol. The predicted molar refractivity (Wildman–Crippen MR) is 111 cm³/mol. The van der Waals surface area contributed by atoms with Crippen molar-refractivity contribution in [3.05, 3.63) is 71.0 Å². The fourth-order valence-electron chi connectivity index (χ4n) is 2.67. The lowest BCUT2D eigenvalue weighted by Crippen LogP contribution is -2.22. The lowest BCUT2D eigenvalue weighted by atomic mass is 10.3. The maximum absolute atomic E-state index is 12.2. The number of carbonyl (C=O) groups is 1. The van der Waals surface area contributed by atoms with Crippen LogP contribution in [0.3, 0.4) is 0 Å². The molecule has 0 saturated heterocycles. The highest BCUT2D eigenvalue weighted by Crippen LogP contribution is 2.32. The van der Waals surface area contributed by atoms with Crippen molar-refractivity contribution in [1.82, 2.24) is 14.4 Å². The number of anilines is 2. The minimum atomic E-state index is -0.106. The van der Waals surface area contributed by atoms with Gasteiger partial charge in [-0.3, -0.25) is 14.1 Å². The third-order valence-corrected chi connectivity index (χ3v) is 5.98. The SMILES string of the molecule is CC(=O)N(c1cccc(Cl)c1)c1nc(CSc2ncc3ccccn23)cs1. The second-order valence-electron chi connectivity index (χ2n) is 5.78. The van der Waals surface area contributed by atoms with Crippen LogP contribution in [0.25, 0.3) is 5.52 Å². The molecule has 5 nitrogen and oxygen atoms in total. The van der Waals surface area contributed by atoms with Crippen LogP contribution in [-0.4, -0.2) is 20.3 Å². The molecule has 8 heteroatoms. The van der Waals surface area contributed by atoms with E-state index in [0.717, 1.165) is 16.4 Å². The van der Waals surface area contributed by atoms with Crippen LogP contribution in [0.5, 0.6) is 0 Å². The normalized spacial score (nSPS) is 11.0. The summed E-state index contributed by atoms with van der Waals surface area (Å²) in [6, 6.07) is 13.2. The molecule has 0 aliphatic carbocycles. The van der Waals surface area contributed by atoms with Crippen LogP contribution >= 0.6 is 34.7 Å². The maximum Gasteiger partial charge on any atom is 0.230 e. The first-order valence-electron chi connectivity index (χ1n) is 8.17. The smallest absolute Gasteiger partial charge is 0.230 e. The second kappa shape index (κ2) is 7.72. The fraction of sp³-hybridized carbons (Fsp3) is 0.105. The molecule has 1 amide bonds. The largest absolute Gasteiger partial charge is 0.295 e. The summed E-state index contributed by atoms with van der Waals surface area (Å²) >= 11 is 9.12. The van der Waals surface area contributed by atoms with Crippen molar-refractivity contribution in [2.45, 2.75) is 17.8 Å². The summed E-state index contributed by atoms with van der Waals surface area (Å²) < 4.78 is 2.05. The van der Waals surface area contributed by atoms with E-state index in [1.807, 2.05) is 52.5 Å². The Hall–Kier alpha value is -2.35. The van der Waals surface area contributed by atoms with Crippen LogP contribution in [0, 0.1) is 0 Å². The molecule has 0 bridgehead atoms. The monoisotopic (exact) mass is 414 g/mol. The molecule has 0 saturated carbocycles. The van der Waals surface area contributed by atoms with E-state index < -0.39 is 0 Å². The van der Waals surface area contributed by atoms with Gasteiger partial charge in [-0.15, -0.1) is 11.3 Å². The van der Waals surface area contributed by atoms with Gasteiger partial charge >= 0.3 is 0 Å². The predicted octanol–water partition coefficient (Wildman–Crippen LogP) is 5.42. The first-order valence-corrected chi connectivity index (χ1v) is 10.4. The molecular weight excluding hydrogens is 400 g/mol. The van der Waals surface area contributed by atoms with E-state index >= 15 is 0 Å². The molecule has 0 spiro atoms. The number of hydrogen-bond donors (Lipinski definition) is 0. The fourth-order valence-corrected chi connectivity index (χ4v) is 4.71. The minimum absolute atomic E-state index is 0.106. The van der Waals surface area contributed by atoms with E-state index in [9.17, 15) is 4.79 Å². The Bertz CT molecular complexity index is 1110. The van der Waals surface area contributed by atoms with E-state index in [4.69, 9.17) is 11.6 Å². The number of nitrogens with zero attached hydrogens (tertiary/aromatic N) is 4. The molecule has 0 atom stereocenters. The minimum Gasteiger partial charge on any atom is -0.295 e. The highest BCUT2D eigenvalue weighted by atomic mass is 35.5. The van der Waals surface area contributed by atoms with Gasteiger partial charge in [-0.2, -0.15) is 0 Å². The molecule has 4 rings (SSSR count). The van der Waals surface area contributed by atoms with Gasteiger partial charge < -0.3 is 0 Å². The van der Waals surface area contributed by atoms with Crippen LogP contribution in [-0.2, 0) is 10.5 Å². The van der Waals surface area contributed by atoms with E-state index in [1.54, 1.807) is 28.8 Å². The van der Waals surface area contributed by atoms with Crippen molar-refractivity contribution < 1.29 is 4.79 Å². The topological polar surface area (TPSA) is 50.5 Å².